The maximum Gasteiger partial charge on any atom is 0.471 e. The summed E-state index contributed by atoms with van der Waals surface area (Å²) in [5, 5.41) is 12.1. The van der Waals surface area contributed by atoms with Crippen LogP contribution in [-0.2, 0) is 14.4 Å². The summed E-state index contributed by atoms with van der Waals surface area (Å²) in [5.41, 5.74) is -2.26. The van der Waals surface area contributed by atoms with Crippen LogP contribution in [-0.4, -0.2) is 30.2 Å². The van der Waals surface area contributed by atoms with Gasteiger partial charge in [0, 0.05) is 24.3 Å². The standard InChI is InChI=1S/C33H45F3N2O3/c1-27(2)10-12-32(18-38-26(41)33(34,35)36)13-11-31(7)24(20(32)16-27)21(39)14-23-29(5)15-19(17-37)25(40)28(3,4)22(29)8-9-30(23,31)6/h15,20,22-24H,8-14,16,18H2,1-7H3,(H,38,41). The van der Waals surface area contributed by atoms with Gasteiger partial charge in [-0.3, -0.25) is 14.4 Å². The van der Waals surface area contributed by atoms with Gasteiger partial charge in [-0.15, -0.1) is 0 Å². The molecule has 5 aliphatic carbocycles. The van der Waals surface area contributed by atoms with Crippen molar-refractivity contribution in [1.82, 2.24) is 5.32 Å². The molecule has 0 saturated heterocycles. The van der Waals surface area contributed by atoms with Crippen molar-refractivity contribution in [3.63, 3.8) is 0 Å². The molecule has 0 aromatic carbocycles. The summed E-state index contributed by atoms with van der Waals surface area (Å²) in [6.45, 7) is 14.9. The molecule has 5 nitrogen and oxygen atoms in total. The molecule has 5 aliphatic rings. The number of nitrogens with one attached hydrogen (secondary N) is 1. The number of alkyl halides is 3. The number of nitrogens with zero attached hydrogens (tertiary/aromatic N) is 1. The van der Waals surface area contributed by atoms with Crippen LogP contribution in [0.2, 0.25) is 0 Å². The van der Waals surface area contributed by atoms with Crippen molar-refractivity contribution in [1.29, 1.82) is 5.26 Å². The van der Waals surface area contributed by atoms with Crippen molar-refractivity contribution in [3.8, 4) is 6.07 Å². The van der Waals surface area contributed by atoms with E-state index in [1.807, 2.05) is 19.9 Å². The number of nitriles is 1. The third-order valence-electron chi connectivity index (χ3n) is 13.5. The molecule has 0 spiro atoms. The van der Waals surface area contributed by atoms with E-state index in [2.05, 4.69) is 46.0 Å². The normalized spacial score (nSPS) is 44.8. The molecular weight excluding hydrogens is 529 g/mol. The first-order valence-corrected chi connectivity index (χ1v) is 15.2. The van der Waals surface area contributed by atoms with Gasteiger partial charge >= 0.3 is 12.1 Å². The Labute approximate surface area is 242 Å². The number of halogens is 3. The van der Waals surface area contributed by atoms with Gasteiger partial charge in [0.05, 0.1) is 5.57 Å². The molecule has 0 aliphatic heterocycles. The summed E-state index contributed by atoms with van der Waals surface area (Å²) in [7, 11) is 0. The Morgan fingerprint density at radius 2 is 1.61 bits per heavy atom. The average molecular weight is 575 g/mol. The van der Waals surface area contributed by atoms with Crippen LogP contribution in [0.15, 0.2) is 11.6 Å². The van der Waals surface area contributed by atoms with Gasteiger partial charge in [0.2, 0.25) is 0 Å². The number of rotatable bonds is 2. The first-order chi connectivity index (χ1) is 18.7. The van der Waals surface area contributed by atoms with Crippen LogP contribution in [0, 0.1) is 67.5 Å². The van der Waals surface area contributed by atoms with E-state index in [0.29, 0.717) is 25.7 Å². The quantitative estimate of drug-likeness (QED) is 0.386. The lowest BCUT2D eigenvalue weighted by Crippen LogP contribution is -2.69. The lowest BCUT2D eigenvalue weighted by atomic mass is 9.31. The third kappa shape index (κ3) is 4.10. The Hall–Kier alpha value is -2.17. The highest BCUT2D eigenvalue weighted by Gasteiger charge is 2.72. The van der Waals surface area contributed by atoms with Crippen LogP contribution in [0.3, 0.4) is 0 Å². The number of allylic oxidation sites excluding steroid dienone is 2. The average Bonchev–Trinajstić information content (AvgIpc) is 2.86. The first-order valence-electron chi connectivity index (χ1n) is 15.2. The molecule has 0 bridgehead atoms. The number of hydrogen-bond acceptors (Lipinski definition) is 4. The van der Waals surface area contributed by atoms with Crippen LogP contribution in [0.5, 0.6) is 0 Å². The maximum atomic E-state index is 14.5. The van der Waals surface area contributed by atoms with Crippen molar-refractivity contribution < 1.29 is 27.6 Å². The zero-order valence-electron chi connectivity index (χ0n) is 25.6. The van der Waals surface area contributed by atoms with Gasteiger partial charge in [0.1, 0.15) is 11.9 Å². The molecule has 4 saturated carbocycles. The Morgan fingerprint density at radius 1 is 0.976 bits per heavy atom. The van der Waals surface area contributed by atoms with Crippen LogP contribution >= 0.6 is 0 Å². The van der Waals surface area contributed by atoms with Crippen LogP contribution in [0.25, 0.3) is 0 Å². The summed E-state index contributed by atoms with van der Waals surface area (Å²) >= 11 is 0. The SMILES string of the molecule is CC1(C)CCC2(CNC(=O)C(F)(F)F)CCC3(C)C(C(=O)CC4C5(C)C=C(C#N)C(=O)C(C)(C)C5CCC43C)C2C1. The highest BCUT2D eigenvalue weighted by atomic mass is 19.4. The van der Waals surface area contributed by atoms with Crippen LogP contribution in [0.4, 0.5) is 13.2 Å². The molecule has 0 aromatic rings. The van der Waals surface area contributed by atoms with Gasteiger partial charge in [-0.1, -0.05) is 54.5 Å². The number of fused-ring (bicyclic) bond motifs is 7. The fourth-order valence-corrected chi connectivity index (χ4v) is 11.1. The van der Waals surface area contributed by atoms with Gasteiger partial charge in [-0.2, -0.15) is 18.4 Å². The molecule has 4 fully saturated rings. The maximum absolute atomic E-state index is 14.5. The van der Waals surface area contributed by atoms with Crippen molar-refractivity contribution in [2.75, 3.05) is 6.54 Å². The zero-order chi connectivity index (χ0) is 30.6. The van der Waals surface area contributed by atoms with Crippen molar-refractivity contribution >= 4 is 17.5 Å². The number of Topliss-reactive ketones (excluding diaryl/α,β-unsaturated/α-hetero) is 2. The molecule has 1 N–H and O–H groups in total. The topological polar surface area (TPSA) is 87.0 Å². The largest absolute Gasteiger partial charge is 0.471 e. The van der Waals surface area contributed by atoms with E-state index in [9.17, 15) is 32.8 Å². The zero-order valence-corrected chi connectivity index (χ0v) is 25.6. The number of carbonyl (C=O) groups is 3. The van der Waals surface area contributed by atoms with Gasteiger partial charge < -0.3 is 5.32 Å². The minimum absolute atomic E-state index is 0.0134. The number of carbonyl (C=O) groups excluding carboxylic acids is 3. The molecule has 8 unspecified atom stereocenters. The summed E-state index contributed by atoms with van der Waals surface area (Å²) in [5.74, 6) is -2.34. The van der Waals surface area contributed by atoms with Crippen LogP contribution < -0.4 is 5.32 Å². The molecule has 8 heteroatoms. The van der Waals surface area contributed by atoms with E-state index in [1.165, 1.54) is 0 Å². The second-order valence-corrected chi connectivity index (χ2v) is 16.2. The molecule has 0 radical (unpaired) electrons. The predicted molar refractivity (Wildman–Crippen MR) is 148 cm³/mol. The molecule has 0 aromatic heterocycles. The van der Waals surface area contributed by atoms with Crippen molar-refractivity contribution in [2.24, 2.45) is 56.2 Å². The Kier molecular flexibility index (Phi) is 6.59. The van der Waals surface area contributed by atoms with E-state index >= 15 is 0 Å². The van der Waals surface area contributed by atoms with Crippen LogP contribution in [0.1, 0.15) is 99.8 Å². The number of hydrogen-bond donors (Lipinski definition) is 1. The lowest BCUT2D eigenvalue weighted by molar-refractivity contribution is -0.222. The summed E-state index contributed by atoms with van der Waals surface area (Å²) < 4.78 is 39.5. The van der Waals surface area contributed by atoms with Gasteiger partial charge in [-0.25, -0.2) is 0 Å². The van der Waals surface area contributed by atoms with Gasteiger partial charge in [-0.05, 0) is 89.8 Å². The lowest BCUT2D eigenvalue weighted by Gasteiger charge is -2.72. The fourth-order valence-electron chi connectivity index (χ4n) is 11.1. The molecule has 5 rings (SSSR count). The second-order valence-electron chi connectivity index (χ2n) is 16.2. The van der Waals surface area contributed by atoms with Gasteiger partial charge in [0.15, 0.2) is 5.78 Å². The molecular formula is C33H45F3N2O3. The van der Waals surface area contributed by atoms with Crippen molar-refractivity contribution in [2.45, 2.75) is 106 Å². The highest BCUT2D eigenvalue weighted by Crippen LogP contribution is 2.75. The second kappa shape index (κ2) is 8.92. The minimum Gasteiger partial charge on any atom is -0.348 e. The molecule has 0 heterocycles. The fraction of sp³-hybridized carbons (Fsp3) is 0.818. The van der Waals surface area contributed by atoms with Gasteiger partial charge in [0.25, 0.3) is 0 Å². The Morgan fingerprint density at radius 3 is 2.22 bits per heavy atom. The molecule has 41 heavy (non-hydrogen) atoms. The smallest absolute Gasteiger partial charge is 0.348 e. The van der Waals surface area contributed by atoms with Crippen molar-refractivity contribution in [3.05, 3.63) is 11.6 Å². The van der Waals surface area contributed by atoms with E-state index in [1.54, 1.807) is 0 Å². The monoisotopic (exact) mass is 574 g/mol. The first kappa shape index (κ1) is 30.3. The predicted octanol–water partition coefficient (Wildman–Crippen LogP) is 6.96. The molecule has 8 atom stereocenters. The highest BCUT2D eigenvalue weighted by molar-refractivity contribution is 6.04. The van der Waals surface area contributed by atoms with E-state index in [4.69, 9.17) is 0 Å². The molecule has 1 amide bonds. The summed E-state index contributed by atoms with van der Waals surface area (Å²) in [6.07, 6.45) is 2.59. The molecule has 226 valence electrons. The summed E-state index contributed by atoms with van der Waals surface area (Å²) in [4.78, 5) is 39.6. The minimum atomic E-state index is -4.94. The van der Waals surface area contributed by atoms with E-state index < -0.39 is 28.3 Å². The van der Waals surface area contributed by atoms with E-state index in [-0.39, 0.29) is 63.6 Å². The number of amides is 1. The third-order valence-corrected chi connectivity index (χ3v) is 13.5. The number of ketones is 2. The van der Waals surface area contributed by atoms with E-state index in [0.717, 1.165) is 25.7 Å². The summed E-state index contributed by atoms with van der Waals surface area (Å²) in [6, 6.07) is 2.15. The Balaban J connectivity index is 1.57. The Bertz CT molecular complexity index is 1260.